The van der Waals surface area contributed by atoms with E-state index in [1.807, 2.05) is 0 Å². The van der Waals surface area contributed by atoms with Gasteiger partial charge in [0.2, 0.25) is 0 Å². The number of rotatable bonds is 15. The molecule has 0 aliphatic carbocycles. The summed E-state index contributed by atoms with van der Waals surface area (Å²) in [5, 5.41) is 45.1. The quantitative estimate of drug-likeness (QED) is 0.0765. The minimum absolute atomic E-state index is 0.146. The van der Waals surface area contributed by atoms with E-state index in [9.17, 15) is 14.7 Å². The summed E-state index contributed by atoms with van der Waals surface area (Å²) in [5.74, 6) is 0.179. The fourth-order valence-corrected chi connectivity index (χ4v) is 5.56. The molecule has 0 aliphatic heterocycles. The van der Waals surface area contributed by atoms with Crippen LogP contribution in [0.1, 0.15) is 83.0 Å². The molecule has 5 aromatic heterocycles. The number of aliphatic hydroxyl groups is 1. The summed E-state index contributed by atoms with van der Waals surface area (Å²) in [5.41, 5.74) is 16.3. The van der Waals surface area contributed by atoms with Crippen LogP contribution in [-0.2, 0) is 31.7 Å². The number of methoxy groups -OCH3 is 1. The van der Waals surface area contributed by atoms with Crippen LogP contribution >= 0.6 is 0 Å². The molecule has 5 aromatic rings. The molecule has 0 aliphatic rings. The molecule has 5 N–H and O–H groups in total. The summed E-state index contributed by atoms with van der Waals surface area (Å²) in [7, 11) is 4.56. The van der Waals surface area contributed by atoms with Crippen LogP contribution in [0, 0.1) is 13.8 Å². The summed E-state index contributed by atoms with van der Waals surface area (Å²) in [6.07, 6.45) is 5.82. The third-order valence-corrected chi connectivity index (χ3v) is 8.22. The maximum atomic E-state index is 12.5. The van der Waals surface area contributed by atoms with Crippen LogP contribution in [0.4, 0.5) is 34.6 Å². The maximum Gasteiger partial charge on any atom is 0.343 e. The fraction of sp³-hybridized carbons (Fsp3) is 0.438. The number of carbonyl (C=O) groups excluding carboxylic acids is 2. The van der Waals surface area contributed by atoms with Gasteiger partial charge >= 0.3 is 5.97 Å². The highest BCUT2D eigenvalue weighted by molar-refractivity contribution is 6.01. The SMILES string of the molecule is CCCCc1nn(-c2cc(-n3nc(CCCC)c(/N=N/c4c(C(=O)OC)c(C)nn4C)c3N)ncn2)c(N)c1/N=N/c1c(C(=O)CO)c(C)nn1C. The highest BCUT2D eigenvalue weighted by Crippen LogP contribution is 2.35. The Kier molecular flexibility index (Phi) is 11.3. The van der Waals surface area contributed by atoms with E-state index in [1.165, 1.54) is 32.2 Å². The number of nitrogens with zero attached hydrogens (tertiary/aromatic N) is 14. The fourth-order valence-electron chi connectivity index (χ4n) is 5.56. The van der Waals surface area contributed by atoms with Crippen molar-refractivity contribution in [1.82, 2.24) is 49.1 Å². The molecule has 0 bridgehead atoms. The van der Waals surface area contributed by atoms with Gasteiger partial charge in [-0.05, 0) is 39.5 Å². The number of aromatic nitrogens is 10. The first kappa shape index (κ1) is 37.1. The summed E-state index contributed by atoms with van der Waals surface area (Å²) >= 11 is 0. The minimum atomic E-state index is -0.696. The minimum Gasteiger partial charge on any atom is -0.465 e. The van der Waals surface area contributed by atoms with Crippen molar-refractivity contribution < 1.29 is 19.4 Å². The first-order valence-electron chi connectivity index (χ1n) is 16.7. The number of nitrogen functional groups attached to an aromatic ring is 2. The van der Waals surface area contributed by atoms with Gasteiger partial charge in [-0.25, -0.2) is 24.1 Å². The van der Waals surface area contributed by atoms with E-state index in [1.54, 1.807) is 34.0 Å². The van der Waals surface area contributed by atoms with E-state index in [0.717, 1.165) is 25.7 Å². The Balaban J connectivity index is 1.57. The van der Waals surface area contributed by atoms with Crippen molar-refractivity contribution in [3.63, 3.8) is 0 Å². The Morgan fingerprint density at radius 2 is 1.23 bits per heavy atom. The topological polar surface area (TPSA) is 262 Å². The molecule has 274 valence electrons. The first-order chi connectivity index (χ1) is 24.9. The lowest BCUT2D eigenvalue weighted by atomic mass is 10.1. The molecule has 0 spiro atoms. The van der Waals surface area contributed by atoms with Crippen LogP contribution in [-0.4, -0.2) is 79.7 Å². The number of azo groups is 2. The van der Waals surface area contributed by atoms with Crippen molar-refractivity contribution in [3.8, 4) is 11.6 Å². The smallest absolute Gasteiger partial charge is 0.343 e. The number of Topliss-reactive ketones (excluding diaryl/α,β-unsaturated/α-hetero) is 1. The van der Waals surface area contributed by atoms with Crippen LogP contribution in [0.5, 0.6) is 0 Å². The number of ether oxygens (including phenoxy) is 1. The molecule has 0 unspecified atom stereocenters. The van der Waals surface area contributed by atoms with E-state index in [2.05, 4.69) is 54.5 Å². The number of nitrogens with two attached hydrogens (primary N) is 2. The lowest BCUT2D eigenvalue weighted by molar-refractivity contribution is 0.0600. The molecule has 20 heteroatoms. The number of esters is 1. The summed E-state index contributed by atoms with van der Waals surface area (Å²) in [6.45, 7) is 6.75. The van der Waals surface area contributed by atoms with E-state index in [4.69, 9.17) is 26.4 Å². The largest absolute Gasteiger partial charge is 0.465 e. The molecule has 52 heavy (non-hydrogen) atoms. The third-order valence-electron chi connectivity index (χ3n) is 8.22. The maximum absolute atomic E-state index is 12.5. The average Bonchev–Trinajstić information content (AvgIpc) is 3.81. The van der Waals surface area contributed by atoms with Gasteiger partial charge < -0.3 is 21.3 Å². The third kappa shape index (κ3) is 7.18. The molecule has 0 fully saturated rings. The Hall–Kier alpha value is -6.18. The Bertz CT molecular complexity index is 2020. The normalized spacial score (nSPS) is 11.8. The van der Waals surface area contributed by atoms with E-state index >= 15 is 0 Å². The average molecular weight is 715 g/mol. The van der Waals surface area contributed by atoms with Gasteiger partial charge in [0.1, 0.15) is 18.5 Å². The van der Waals surface area contributed by atoms with E-state index < -0.39 is 18.4 Å². The van der Waals surface area contributed by atoms with Crippen molar-refractivity contribution in [3.05, 3.63) is 46.3 Å². The summed E-state index contributed by atoms with van der Waals surface area (Å²) in [6, 6.07) is 1.62. The number of unbranched alkanes of at least 4 members (excludes halogenated alkanes) is 2. The van der Waals surface area contributed by atoms with E-state index in [-0.39, 0.29) is 34.4 Å². The molecule has 5 heterocycles. The van der Waals surface area contributed by atoms with Crippen molar-refractivity contribution in [2.75, 3.05) is 25.2 Å². The standard InChI is InChI=1S/C32H42N16O4/c1-8-10-12-19-26(37-39-30-24(21(50)15-49)17(3)41-45(30)5)28(33)47(43-19)22-14-23(36-16-35-22)48-29(34)27(20(44-48)13-11-9-2)38-40-31-25(32(51)52-7)18(4)42-46(31)6/h14,16,49H,8-13,15,33-34H2,1-7H3/b39-37+,40-38+. The van der Waals surface area contributed by atoms with Crippen LogP contribution in [0.25, 0.3) is 11.6 Å². The second-order valence-corrected chi connectivity index (χ2v) is 11.9. The predicted molar refractivity (Wildman–Crippen MR) is 189 cm³/mol. The van der Waals surface area contributed by atoms with Crippen LogP contribution in [0.2, 0.25) is 0 Å². The molecular weight excluding hydrogens is 672 g/mol. The zero-order chi connectivity index (χ0) is 37.7. The number of aliphatic hydroxyl groups excluding tert-OH is 1. The Labute approximate surface area is 298 Å². The molecule has 0 atom stereocenters. The lowest BCUT2D eigenvalue weighted by Gasteiger charge is -2.06. The van der Waals surface area contributed by atoms with E-state index in [0.29, 0.717) is 58.6 Å². The second kappa shape index (κ2) is 15.8. The van der Waals surface area contributed by atoms with Gasteiger partial charge in [-0.1, -0.05) is 26.7 Å². The molecular formula is C32H42N16O4. The highest BCUT2D eigenvalue weighted by Gasteiger charge is 2.25. The number of aryl methyl sites for hydroxylation is 6. The molecule has 0 saturated heterocycles. The summed E-state index contributed by atoms with van der Waals surface area (Å²) < 4.78 is 10.6. The zero-order valence-corrected chi connectivity index (χ0v) is 30.2. The van der Waals surface area contributed by atoms with Gasteiger partial charge in [-0.15, -0.1) is 20.5 Å². The lowest BCUT2D eigenvalue weighted by Crippen LogP contribution is -2.09. The molecule has 0 radical (unpaired) electrons. The number of hydrogen-bond acceptors (Lipinski definition) is 16. The molecule has 0 aromatic carbocycles. The van der Waals surface area contributed by atoms with Gasteiger partial charge in [0.05, 0.1) is 35.4 Å². The van der Waals surface area contributed by atoms with Gasteiger partial charge in [0.25, 0.3) is 0 Å². The van der Waals surface area contributed by atoms with Crippen LogP contribution in [0.3, 0.4) is 0 Å². The van der Waals surface area contributed by atoms with Gasteiger partial charge in [-0.3, -0.25) is 4.79 Å². The number of anilines is 2. The van der Waals surface area contributed by atoms with Crippen LogP contribution < -0.4 is 11.5 Å². The second-order valence-electron chi connectivity index (χ2n) is 11.9. The van der Waals surface area contributed by atoms with Gasteiger partial charge in [0, 0.05) is 20.2 Å². The highest BCUT2D eigenvalue weighted by atomic mass is 16.5. The number of carbonyl (C=O) groups is 2. The molecule has 0 amide bonds. The Morgan fingerprint density at radius 1 is 0.769 bits per heavy atom. The van der Waals surface area contributed by atoms with Crippen LogP contribution in [0.15, 0.2) is 32.9 Å². The first-order valence-corrected chi connectivity index (χ1v) is 16.7. The van der Waals surface area contributed by atoms with Crippen molar-refractivity contribution >= 4 is 46.4 Å². The number of ketones is 1. The van der Waals surface area contributed by atoms with Crippen molar-refractivity contribution in [2.24, 2.45) is 34.6 Å². The zero-order valence-electron chi connectivity index (χ0n) is 30.2. The number of hydrogen-bond donors (Lipinski definition) is 3. The Morgan fingerprint density at radius 3 is 1.67 bits per heavy atom. The molecule has 5 rings (SSSR count). The van der Waals surface area contributed by atoms with Crippen molar-refractivity contribution in [2.45, 2.75) is 66.2 Å². The van der Waals surface area contributed by atoms with Gasteiger partial charge in [0.15, 0.2) is 52.1 Å². The summed E-state index contributed by atoms with van der Waals surface area (Å²) in [4.78, 5) is 33.8. The molecule has 20 nitrogen and oxygen atoms in total. The van der Waals surface area contributed by atoms with Gasteiger partial charge in [-0.2, -0.15) is 29.8 Å². The monoisotopic (exact) mass is 714 g/mol. The predicted octanol–water partition coefficient (Wildman–Crippen LogP) is 4.57. The van der Waals surface area contributed by atoms with Crippen molar-refractivity contribution in [1.29, 1.82) is 0 Å². The molecule has 0 saturated carbocycles.